The van der Waals surface area contributed by atoms with Crippen LogP contribution in [0.2, 0.25) is 0 Å². The fraction of sp³-hybridized carbons (Fsp3) is 0.348. The first-order valence-corrected chi connectivity index (χ1v) is 10.0. The Kier molecular flexibility index (Phi) is 4.53. The number of Topliss-reactive ketones (excluding diaryl/α,β-unsaturated/α-hetero) is 1. The van der Waals surface area contributed by atoms with Crippen LogP contribution in [0.15, 0.2) is 46.9 Å². The van der Waals surface area contributed by atoms with Crippen molar-refractivity contribution < 1.29 is 27.5 Å². The molecule has 0 saturated heterocycles. The molecule has 0 N–H and O–H groups in total. The molecule has 1 heterocycles. The maximum Gasteiger partial charge on any atom is 0.420 e. The van der Waals surface area contributed by atoms with Gasteiger partial charge in [-0.3, -0.25) is 4.79 Å². The van der Waals surface area contributed by atoms with Gasteiger partial charge in [-0.25, -0.2) is 8.78 Å². The molecule has 0 amide bonds. The van der Waals surface area contributed by atoms with Crippen LogP contribution in [0.25, 0.3) is 0 Å². The highest BCUT2D eigenvalue weighted by Crippen LogP contribution is 2.74. The second kappa shape index (κ2) is 7.14. The van der Waals surface area contributed by atoms with Crippen molar-refractivity contribution in [2.24, 2.45) is 5.41 Å². The van der Waals surface area contributed by atoms with Crippen molar-refractivity contribution >= 4 is 5.78 Å². The van der Waals surface area contributed by atoms with Gasteiger partial charge in [0.1, 0.15) is 18.2 Å². The van der Waals surface area contributed by atoms with Crippen LogP contribution >= 0.6 is 0 Å². The van der Waals surface area contributed by atoms with Gasteiger partial charge in [-0.2, -0.15) is 0 Å². The summed E-state index contributed by atoms with van der Waals surface area (Å²) in [6.07, 6.45) is 2.61. The predicted molar refractivity (Wildman–Crippen MR) is 105 cm³/mol. The minimum absolute atomic E-state index is 0.0193. The van der Waals surface area contributed by atoms with Crippen LogP contribution in [0.4, 0.5) is 8.78 Å². The van der Waals surface area contributed by atoms with Crippen molar-refractivity contribution in [1.29, 1.82) is 0 Å². The largest absolute Gasteiger partial charge is 0.486 e. The molecule has 0 atom stereocenters. The third-order valence-electron chi connectivity index (χ3n) is 6.15. The summed E-state index contributed by atoms with van der Waals surface area (Å²) in [6.45, 7) is 1.58. The van der Waals surface area contributed by atoms with Crippen molar-refractivity contribution in [3.8, 4) is 17.6 Å². The standard InChI is InChI=1S/C23H20F2N2O4/c1-14-6-7-16(8-18(14)25)29-10-15(28)9-22-11-23(12-22,13-22)20-26-27-21(31-20)30-19-5-3-2-4-17(19)24/h2-8H,9-13H2,1H3. The lowest BCUT2D eigenvalue weighted by Gasteiger charge is -2.68. The first-order valence-electron chi connectivity index (χ1n) is 10.0. The van der Waals surface area contributed by atoms with E-state index in [4.69, 9.17) is 13.9 Å². The fourth-order valence-corrected chi connectivity index (χ4v) is 4.80. The molecule has 3 aliphatic rings. The Labute approximate surface area is 177 Å². The Balaban J connectivity index is 1.14. The quantitative estimate of drug-likeness (QED) is 0.510. The van der Waals surface area contributed by atoms with Crippen LogP contribution in [0, 0.1) is 24.0 Å². The van der Waals surface area contributed by atoms with E-state index >= 15 is 0 Å². The number of carbonyl (C=O) groups is 1. The van der Waals surface area contributed by atoms with Gasteiger partial charge in [-0.15, -0.1) is 5.10 Å². The molecular weight excluding hydrogens is 406 g/mol. The third kappa shape index (κ3) is 3.56. The number of halogens is 2. The van der Waals surface area contributed by atoms with Gasteiger partial charge in [0.15, 0.2) is 17.3 Å². The predicted octanol–water partition coefficient (Wildman–Crippen LogP) is 4.91. The van der Waals surface area contributed by atoms with Crippen LogP contribution in [0.1, 0.15) is 37.1 Å². The lowest BCUT2D eigenvalue weighted by molar-refractivity contribution is -0.168. The second-order valence-corrected chi connectivity index (χ2v) is 8.63. The number of aryl methyl sites for hydroxylation is 1. The lowest BCUT2D eigenvalue weighted by atomic mass is 9.34. The normalized spacial score (nSPS) is 23.6. The Hall–Kier alpha value is -3.29. The highest BCUT2D eigenvalue weighted by Gasteiger charge is 2.71. The van der Waals surface area contributed by atoms with E-state index in [0.29, 0.717) is 23.6 Å². The summed E-state index contributed by atoms with van der Waals surface area (Å²) in [6, 6.07) is 10.5. The number of carbonyl (C=O) groups excluding carboxylic acids is 1. The van der Waals surface area contributed by atoms with Crippen LogP contribution in [0.3, 0.4) is 0 Å². The minimum atomic E-state index is -0.513. The number of aromatic nitrogens is 2. The fourth-order valence-electron chi connectivity index (χ4n) is 4.80. The van der Waals surface area contributed by atoms with Gasteiger partial charge >= 0.3 is 6.08 Å². The van der Waals surface area contributed by atoms with Crippen LogP contribution in [-0.4, -0.2) is 22.6 Å². The summed E-state index contributed by atoms with van der Waals surface area (Å²) < 4.78 is 43.7. The molecular formula is C23H20F2N2O4. The Morgan fingerprint density at radius 1 is 1.10 bits per heavy atom. The molecule has 160 valence electrons. The van der Waals surface area contributed by atoms with Gasteiger partial charge in [-0.1, -0.05) is 23.3 Å². The first kappa shape index (κ1) is 19.7. The molecule has 6 nitrogen and oxygen atoms in total. The first-order chi connectivity index (χ1) is 14.9. The maximum absolute atomic E-state index is 13.7. The zero-order valence-corrected chi connectivity index (χ0v) is 16.9. The Morgan fingerprint density at radius 3 is 2.61 bits per heavy atom. The third-order valence-corrected chi connectivity index (χ3v) is 6.15. The number of hydrogen-bond acceptors (Lipinski definition) is 6. The smallest absolute Gasteiger partial charge is 0.420 e. The molecule has 8 heteroatoms. The highest BCUT2D eigenvalue weighted by atomic mass is 19.1. The van der Waals surface area contributed by atoms with E-state index in [1.165, 1.54) is 18.2 Å². The summed E-state index contributed by atoms with van der Waals surface area (Å²) in [4.78, 5) is 12.4. The van der Waals surface area contributed by atoms with Crippen LogP contribution < -0.4 is 9.47 Å². The Bertz CT molecular complexity index is 1140. The summed E-state index contributed by atoms with van der Waals surface area (Å²) in [7, 11) is 0. The molecule has 3 aromatic rings. The molecule has 2 aromatic carbocycles. The molecule has 2 bridgehead atoms. The minimum Gasteiger partial charge on any atom is -0.486 e. The van der Waals surface area contributed by atoms with Gasteiger partial charge in [0.25, 0.3) is 0 Å². The van der Waals surface area contributed by atoms with Crippen LogP contribution in [0.5, 0.6) is 17.6 Å². The lowest BCUT2D eigenvalue weighted by Crippen LogP contribution is -2.65. The number of ketones is 1. The van der Waals surface area contributed by atoms with E-state index in [1.54, 1.807) is 31.2 Å². The van der Waals surface area contributed by atoms with Crippen molar-refractivity contribution in [3.63, 3.8) is 0 Å². The van der Waals surface area contributed by atoms with Crippen molar-refractivity contribution in [3.05, 3.63) is 65.6 Å². The molecule has 1 aromatic heterocycles. The molecule has 0 radical (unpaired) electrons. The molecule has 3 fully saturated rings. The number of benzene rings is 2. The number of nitrogens with zero attached hydrogens (tertiary/aromatic N) is 2. The molecule has 3 saturated carbocycles. The van der Waals surface area contributed by atoms with E-state index < -0.39 is 5.82 Å². The van der Waals surface area contributed by atoms with Gasteiger partial charge in [0, 0.05) is 12.5 Å². The molecule has 0 unspecified atom stereocenters. The van der Waals surface area contributed by atoms with E-state index in [-0.39, 0.29) is 40.9 Å². The zero-order valence-electron chi connectivity index (χ0n) is 16.9. The SMILES string of the molecule is Cc1ccc(OCC(=O)CC23CC(c4nnc(Oc5ccccc5F)o4)(C2)C3)cc1F. The molecule has 31 heavy (non-hydrogen) atoms. The van der Waals surface area contributed by atoms with Gasteiger partial charge in [-0.05, 0) is 55.4 Å². The van der Waals surface area contributed by atoms with Crippen LogP contribution in [-0.2, 0) is 10.2 Å². The molecule has 0 aliphatic heterocycles. The summed E-state index contributed by atoms with van der Waals surface area (Å²) in [5.74, 6) is -0.0717. The van der Waals surface area contributed by atoms with E-state index in [1.807, 2.05) is 0 Å². The van der Waals surface area contributed by atoms with Crippen molar-refractivity contribution in [2.75, 3.05) is 6.61 Å². The second-order valence-electron chi connectivity index (χ2n) is 8.63. The molecule has 0 spiro atoms. The maximum atomic E-state index is 13.7. The van der Waals surface area contributed by atoms with Gasteiger partial charge in [0.2, 0.25) is 5.89 Å². The number of ether oxygens (including phenoxy) is 2. The number of rotatable bonds is 8. The van der Waals surface area contributed by atoms with Gasteiger partial charge < -0.3 is 13.9 Å². The number of hydrogen-bond donors (Lipinski definition) is 0. The molecule has 3 aliphatic carbocycles. The van der Waals surface area contributed by atoms with Gasteiger partial charge in [0.05, 0.1) is 5.41 Å². The topological polar surface area (TPSA) is 74.5 Å². The van der Waals surface area contributed by atoms with E-state index in [2.05, 4.69) is 10.2 Å². The average Bonchev–Trinajstić information content (AvgIpc) is 3.14. The molecule has 6 rings (SSSR count). The Morgan fingerprint density at radius 2 is 1.87 bits per heavy atom. The highest BCUT2D eigenvalue weighted by molar-refractivity contribution is 5.81. The van der Waals surface area contributed by atoms with Crippen molar-refractivity contribution in [2.45, 2.75) is 38.0 Å². The number of para-hydroxylation sites is 1. The monoisotopic (exact) mass is 426 g/mol. The summed E-state index contributed by atoms with van der Waals surface area (Å²) in [5.41, 5.74) is 0.228. The summed E-state index contributed by atoms with van der Waals surface area (Å²) in [5, 5.41) is 7.93. The van der Waals surface area contributed by atoms with Crippen molar-refractivity contribution in [1.82, 2.24) is 10.2 Å². The van der Waals surface area contributed by atoms with E-state index in [9.17, 15) is 13.6 Å². The van der Waals surface area contributed by atoms with E-state index in [0.717, 1.165) is 19.3 Å². The zero-order chi connectivity index (χ0) is 21.6. The average molecular weight is 426 g/mol. The summed E-state index contributed by atoms with van der Waals surface area (Å²) >= 11 is 0.